The first-order valence-corrected chi connectivity index (χ1v) is 12.0. The first-order valence-electron chi connectivity index (χ1n) is 12.0. The molecule has 8 unspecified atom stereocenters. The van der Waals surface area contributed by atoms with Crippen LogP contribution in [0.15, 0.2) is 47.3 Å². The molecule has 2 aliphatic carbocycles. The summed E-state index contributed by atoms with van der Waals surface area (Å²) in [5, 5.41) is 10.8. The molecule has 2 saturated heterocycles. The molecule has 2 aliphatic heterocycles. The third-order valence-electron chi connectivity index (χ3n) is 9.59. The normalized spacial score (nSPS) is 44.6. The fourth-order valence-corrected chi connectivity index (χ4v) is 7.42. The monoisotopic (exact) mass is 470 g/mol. The van der Waals surface area contributed by atoms with Gasteiger partial charge in [0.05, 0.1) is 25.7 Å². The number of methoxy groups -OCH3 is 1. The molecule has 1 aromatic heterocycles. The molecule has 34 heavy (non-hydrogen) atoms. The predicted molar refractivity (Wildman–Crippen MR) is 122 cm³/mol. The van der Waals surface area contributed by atoms with Crippen LogP contribution in [-0.2, 0) is 23.8 Å². The number of carbonyl (C=O) groups is 2. The first kappa shape index (κ1) is 23.4. The van der Waals surface area contributed by atoms with Gasteiger partial charge in [-0.05, 0) is 47.1 Å². The summed E-state index contributed by atoms with van der Waals surface area (Å²) >= 11 is 0. The molecule has 0 radical (unpaired) electrons. The molecule has 8 atom stereocenters. The Kier molecular flexibility index (Phi) is 5.02. The largest absolute Gasteiger partial charge is 0.472 e. The number of aliphatic hydroxyl groups excluding tert-OH is 1. The molecule has 0 bridgehead atoms. The van der Waals surface area contributed by atoms with Gasteiger partial charge in [0.2, 0.25) is 0 Å². The van der Waals surface area contributed by atoms with Crippen molar-refractivity contribution in [3.63, 3.8) is 0 Å². The predicted octanol–water partition coefficient (Wildman–Crippen LogP) is 4.13. The lowest BCUT2D eigenvalue weighted by Gasteiger charge is -2.58. The Morgan fingerprint density at radius 2 is 2.00 bits per heavy atom. The van der Waals surface area contributed by atoms with Crippen LogP contribution < -0.4 is 0 Å². The van der Waals surface area contributed by atoms with Crippen molar-refractivity contribution in [2.24, 2.45) is 28.1 Å². The standard InChI is InChI=1S/C27H34O7/c1-15-17(25(4)10-8-19(28)24(2,3)18(25)13-20(29)31-6)7-11-26(5)21(16-9-12-32-14-16)33-23(30)22-27(15,26)34-22/h8-10,12,14,17-19,21-22,28H,1,7,11,13H2,2-6H3. The van der Waals surface area contributed by atoms with E-state index in [1.165, 1.54) is 7.11 Å². The highest BCUT2D eigenvalue weighted by Gasteiger charge is 2.80. The Hall–Kier alpha value is -2.38. The van der Waals surface area contributed by atoms with Gasteiger partial charge >= 0.3 is 11.9 Å². The minimum Gasteiger partial charge on any atom is -0.472 e. The second-order valence-electron chi connectivity index (χ2n) is 11.5. The highest BCUT2D eigenvalue weighted by Crippen LogP contribution is 2.72. The zero-order valence-corrected chi connectivity index (χ0v) is 20.5. The Balaban J connectivity index is 1.56. The molecule has 0 amide bonds. The molecule has 7 heteroatoms. The average Bonchev–Trinajstić information content (AvgIpc) is 3.35. The summed E-state index contributed by atoms with van der Waals surface area (Å²) in [5.74, 6) is -0.943. The van der Waals surface area contributed by atoms with Crippen LogP contribution in [0.4, 0.5) is 0 Å². The van der Waals surface area contributed by atoms with Crippen molar-refractivity contribution in [3.8, 4) is 0 Å². The van der Waals surface area contributed by atoms with Crippen molar-refractivity contribution in [1.82, 2.24) is 0 Å². The Morgan fingerprint density at radius 1 is 1.26 bits per heavy atom. The zero-order chi connectivity index (χ0) is 24.7. The summed E-state index contributed by atoms with van der Waals surface area (Å²) < 4.78 is 22.4. The molecule has 184 valence electrons. The number of furan rings is 1. The van der Waals surface area contributed by atoms with Gasteiger partial charge in [0.1, 0.15) is 11.7 Å². The summed E-state index contributed by atoms with van der Waals surface area (Å²) in [6, 6.07) is 1.83. The lowest BCUT2D eigenvalue weighted by molar-refractivity contribution is -0.169. The van der Waals surface area contributed by atoms with Gasteiger partial charge < -0.3 is 23.7 Å². The number of hydrogen-bond donors (Lipinski definition) is 1. The smallest absolute Gasteiger partial charge is 0.339 e. The number of aliphatic hydroxyl groups is 1. The third kappa shape index (κ3) is 2.83. The van der Waals surface area contributed by atoms with Gasteiger partial charge in [-0.25, -0.2) is 4.79 Å². The van der Waals surface area contributed by atoms with Gasteiger partial charge in [0, 0.05) is 17.4 Å². The quantitative estimate of drug-likeness (QED) is 0.401. The van der Waals surface area contributed by atoms with Gasteiger partial charge in [0.15, 0.2) is 6.10 Å². The molecular weight excluding hydrogens is 436 g/mol. The molecule has 0 aromatic carbocycles. The molecule has 1 aromatic rings. The van der Waals surface area contributed by atoms with Crippen molar-refractivity contribution in [3.05, 3.63) is 48.5 Å². The van der Waals surface area contributed by atoms with Crippen LogP contribution in [0, 0.1) is 28.1 Å². The summed E-state index contributed by atoms with van der Waals surface area (Å²) in [4.78, 5) is 25.4. The maximum atomic E-state index is 12.9. The summed E-state index contributed by atoms with van der Waals surface area (Å²) in [6.07, 6.45) is 6.93. The number of ether oxygens (including phenoxy) is 3. The SMILES string of the molecule is C=C1C(C2(C)C=CC(O)C(C)(C)C2CC(=O)OC)CCC2(C)C(c3ccoc3)OC(=O)C3OC132. The lowest BCUT2D eigenvalue weighted by atomic mass is 9.46. The molecule has 4 aliphatic rings. The van der Waals surface area contributed by atoms with E-state index in [9.17, 15) is 14.7 Å². The Labute approximate surface area is 200 Å². The van der Waals surface area contributed by atoms with E-state index in [1.54, 1.807) is 12.5 Å². The van der Waals surface area contributed by atoms with Crippen LogP contribution in [-0.4, -0.2) is 42.0 Å². The number of epoxide rings is 1. The summed E-state index contributed by atoms with van der Waals surface area (Å²) in [5.41, 5.74) is -0.708. The van der Waals surface area contributed by atoms with Gasteiger partial charge in [-0.15, -0.1) is 0 Å². The average molecular weight is 471 g/mol. The number of cyclic esters (lactones) is 1. The molecule has 1 saturated carbocycles. The number of rotatable bonds is 4. The van der Waals surface area contributed by atoms with E-state index < -0.39 is 40.2 Å². The molecule has 5 rings (SSSR count). The number of allylic oxidation sites excluding steroid dienone is 1. The lowest BCUT2D eigenvalue weighted by Crippen LogP contribution is -2.58. The molecule has 1 N–H and O–H groups in total. The van der Waals surface area contributed by atoms with Crippen LogP contribution in [0.3, 0.4) is 0 Å². The number of esters is 2. The van der Waals surface area contributed by atoms with Gasteiger partial charge in [0.25, 0.3) is 0 Å². The van der Waals surface area contributed by atoms with E-state index >= 15 is 0 Å². The van der Waals surface area contributed by atoms with Crippen LogP contribution >= 0.6 is 0 Å². The molecular formula is C27H34O7. The number of carbonyl (C=O) groups excluding carboxylic acids is 2. The van der Waals surface area contributed by atoms with E-state index in [-0.39, 0.29) is 30.2 Å². The van der Waals surface area contributed by atoms with Crippen molar-refractivity contribution >= 4 is 11.9 Å². The Bertz CT molecular complexity index is 1060. The second-order valence-corrected chi connectivity index (χ2v) is 11.5. The van der Waals surface area contributed by atoms with Crippen molar-refractivity contribution < 1.29 is 33.3 Å². The third-order valence-corrected chi connectivity index (χ3v) is 9.59. The Morgan fingerprint density at radius 3 is 2.65 bits per heavy atom. The van der Waals surface area contributed by atoms with E-state index in [0.717, 1.165) is 24.0 Å². The van der Waals surface area contributed by atoms with Gasteiger partial charge in [-0.3, -0.25) is 4.79 Å². The van der Waals surface area contributed by atoms with Gasteiger partial charge in [-0.2, -0.15) is 0 Å². The van der Waals surface area contributed by atoms with Gasteiger partial charge in [-0.1, -0.05) is 46.4 Å². The van der Waals surface area contributed by atoms with E-state index in [2.05, 4.69) is 20.4 Å². The topological polar surface area (TPSA) is 98.5 Å². The van der Waals surface area contributed by atoms with Crippen LogP contribution in [0.25, 0.3) is 0 Å². The zero-order valence-electron chi connectivity index (χ0n) is 20.5. The van der Waals surface area contributed by atoms with Crippen molar-refractivity contribution in [2.45, 2.75) is 70.9 Å². The maximum absolute atomic E-state index is 12.9. The van der Waals surface area contributed by atoms with E-state index in [1.807, 2.05) is 32.1 Å². The van der Waals surface area contributed by atoms with E-state index in [0.29, 0.717) is 0 Å². The van der Waals surface area contributed by atoms with Crippen molar-refractivity contribution in [2.75, 3.05) is 7.11 Å². The highest BCUT2D eigenvalue weighted by atomic mass is 16.7. The first-order chi connectivity index (χ1) is 15.9. The minimum atomic E-state index is -0.833. The summed E-state index contributed by atoms with van der Waals surface area (Å²) in [7, 11) is 1.39. The molecule has 3 heterocycles. The molecule has 1 spiro atoms. The highest BCUT2D eigenvalue weighted by molar-refractivity contribution is 5.83. The minimum absolute atomic E-state index is 0.0563. The fraction of sp³-hybridized carbons (Fsp3) is 0.630. The van der Waals surface area contributed by atoms with E-state index in [4.69, 9.17) is 18.6 Å². The molecule has 7 nitrogen and oxygen atoms in total. The maximum Gasteiger partial charge on any atom is 0.339 e. The number of hydrogen-bond acceptors (Lipinski definition) is 7. The van der Waals surface area contributed by atoms with Crippen LogP contribution in [0.5, 0.6) is 0 Å². The van der Waals surface area contributed by atoms with Crippen molar-refractivity contribution in [1.29, 1.82) is 0 Å². The molecule has 3 fully saturated rings. The van der Waals surface area contributed by atoms with Crippen LogP contribution in [0.1, 0.15) is 58.6 Å². The fourth-order valence-electron chi connectivity index (χ4n) is 7.42. The second kappa shape index (κ2) is 7.31. The van der Waals surface area contributed by atoms with Crippen LogP contribution in [0.2, 0.25) is 0 Å². The summed E-state index contributed by atoms with van der Waals surface area (Å²) in [6.45, 7) is 12.8.